The molecule has 0 fully saturated rings. The van der Waals surface area contributed by atoms with E-state index in [0.29, 0.717) is 6.61 Å². The Morgan fingerprint density at radius 1 is 1.50 bits per heavy atom. The zero-order chi connectivity index (χ0) is 9.97. The van der Waals surface area contributed by atoms with Gasteiger partial charge in [-0.05, 0) is 36.6 Å². The van der Waals surface area contributed by atoms with Crippen molar-refractivity contribution in [2.45, 2.75) is 13.3 Å². The van der Waals surface area contributed by atoms with E-state index in [1.165, 1.54) is 16.7 Å². The summed E-state index contributed by atoms with van der Waals surface area (Å²) in [6.07, 6.45) is 7.01. The van der Waals surface area contributed by atoms with E-state index in [1.54, 1.807) is 0 Å². The zero-order valence-corrected chi connectivity index (χ0v) is 8.42. The predicted octanol–water partition coefficient (Wildman–Crippen LogP) is 3.13. The van der Waals surface area contributed by atoms with Gasteiger partial charge in [0.2, 0.25) is 0 Å². The van der Waals surface area contributed by atoms with E-state index >= 15 is 0 Å². The molecule has 0 unspecified atom stereocenters. The van der Waals surface area contributed by atoms with Gasteiger partial charge >= 0.3 is 0 Å². The summed E-state index contributed by atoms with van der Waals surface area (Å²) in [4.78, 5) is 0. The normalized spacial score (nSPS) is 13.2. The molecule has 14 heavy (non-hydrogen) atoms. The minimum atomic E-state index is 0.689. The zero-order valence-electron chi connectivity index (χ0n) is 8.42. The average molecular weight is 186 g/mol. The summed E-state index contributed by atoms with van der Waals surface area (Å²) in [5.41, 5.74) is 3.70. The van der Waals surface area contributed by atoms with Crippen LogP contribution >= 0.6 is 0 Å². The molecule has 0 amide bonds. The standard InChI is InChI=1S/C13H14O/c1-3-5-11-8-10(2)13-12(9-11)6-4-7-14-13/h3-4,6,8-9H,1,5,7H2,2H3. The number of ether oxygens (including phenoxy) is 1. The molecule has 0 bridgehead atoms. The van der Waals surface area contributed by atoms with Crippen molar-refractivity contribution in [1.82, 2.24) is 0 Å². The van der Waals surface area contributed by atoms with Crippen LogP contribution in [0.3, 0.4) is 0 Å². The third-order valence-corrected chi connectivity index (χ3v) is 2.36. The van der Waals surface area contributed by atoms with Crippen molar-refractivity contribution in [2.75, 3.05) is 6.61 Å². The van der Waals surface area contributed by atoms with Crippen molar-refractivity contribution in [3.05, 3.63) is 47.6 Å². The number of benzene rings is 1. The lowest BCUT2D eigenvalue weighted by Crippen LogP contribution is -2.03. The first kappa shape index (κ1) is 9.07. The topological polar surface area (TPSA) is 9.23 Å². The third kappa shape index (κ3) is 1.58. The molecular weight excluding hydrogens is 172 g/mol. The predicted molar refractivity (Wildman–Crippen MR) is 59.6 cm³/mol. The molecule has 0 saturated carbocycles. The summed E-state index contributed by atoms with van der Waals surface area (Å²) < 4.78 is 5.57. The molecule has 1 aromatic carbocycles. The number of rotatable bonds is 2. The van der Waals surface area contributed by atoms with E-state index in [1.807, 2.05) is 12.2 Å². The maximum Gasteiger partial charge on any atom is 0.129 e. The van der Waals surface area contributed by atoms with E-state index in [0.717, 1.165) is 12.2 Å². The van der Waals surface area contributed by atoms with Crippen LogP contribution in [-0.4, -0.2) is 6.61 Å². The fraction of sp³-hybridized carbons (Fsp3) is 0.231. The van der Waals surface area contributed by atoms with Crippen LogP contribution in [0.5, 0.6) is 5.75 Å². The van der Waals surface area contributed by atoms with Gasteiger partial charge < -0.3 is 4.74 Å². The molecule has 1 aliphatic rings. The summed E-state index contributed by atoms with van der Waals surface area (Å²) in [6, 6.07) is 4.33. The number of aryl methyl sites for hydroxylation is 1. The van der Waals surface area contributed by atoms with E-state index in [9.17, 15) is 0 Å². The Hall–Kier alpha value is -1.50. The van der Waals surface area contributed by atoms with Crippen LogP contribution in [0.2, 0.25) is 0 Å². The third-order valence-electron chi connectivity index (χ3n) is 2.36. The highest BCUT2D eigenvalue weighted by molar-refractivity contribution is 5.63. The Labute approximate surface area is 84.7 Å². The second kappa shape index (κ2) is 3.70. The fourth-order valence-corrected chi connectivity index (χ4v) is 1.79. The molecule has 0 radical (unpaired) electrons. The van der Waals surface area contributed by atoms with Crippen LogP contribution < -0.4 is 4.74 Å². The average Bonchev–Trinajstić information content (AvgIpc) is 2.18. The highest BCUT2D eigenvalue weighted by Crippen LogP contribution is 2.29. The van der Waals surface area contributed by atoms with Gasteiger partial charge in [-0.1, -0.05) is 18.2 Å². The second-order valence-corrected chi connectivity index (χ2v) is 3.54. The van der Waals surface area contributed by atoms with E-state index in [4.69, 9.17) is 4.74 Å². The van der Waals surface area contributed by atoms with Crippen LogP contribution in [0.4, 0.5) is 0 Å². The largest absolute Gasteiger partial charge is 0.489 e. The van der Waals surface area contributed by atoms with Crippen molar-refractivity contribution >= 4 is 6.08 Å². The summed E-state index contributed by atoms with van der Waals surface area (Å²) >= 11 is 0. The van der Waals surface area contributed by atoms with Crippen molar-refractivity contribution in [2.24, 2.45) is 0 Å². The van der Waals surface area contributed by atoms with E-state index in [2.05, 4.69) is 31.7 Å². The highest BCUT2D eigenvalue weighted by Gasteiger charge is 2.09. The van der Waals surface area contributed by atoms with Gasteiger partial charge in [-0.2, -0.15) is 0 Å². The molecule has 0 aromatic heterocycles. The fourth-order valence-electron chi connectivity index (χ4n) is 1.79. The van der Waals surface area contributed by atoms with E-state index in [-0.39, 0.29) is 0 Å². The Bertz CT molecular complexity index is 388. The smallest absolute Gasteiger partial charge is 0.129 e. The van der Waals surface area contributed by atoms with Crippen LogP contribution in [0.15, 0.2) is 30.9 Å². The number of allylic oxidation sites excluding steroid dienone is 1. The van der Waals surface area contributed by atoms with Crippen LogP contribution in [-0.2, 0) is 6.42 Å². The second-order valence-electron chi connectivity index (χ2n) is 3.54. The lowest BCUT2D eigenvalue weighted by atomic mass is 10.0. The van der Waals surface area contributed by atoms with Crippen LogP contribution in [0.1, 0.15) is 16.7 Å². The molecule has 0 N–H and O–H groups in total. The first-order valence-electron chi connectivity index (χ1n) is 4.85. The van der Waals surface area contributed by atoms with Gasteiger partial charge in [0.05, 0.1) is 0 Å². The van der Waals surface area contributed by atoms with Gasteiger partial charge in [-0.25, -0.2) is 0 Å². The van der Waals surface area contributed by atoms with Gasteiger partial charge in [0, 0.05) is 5.56 Å². The summed E-state index contributed by atoms with van der Waals surface area (Å²) in [5.74, 6) is 1.03. The van der Waals surface area contributed by atoms with Crippen molar-refractivity contribution in [3.8, 4) is 5.75 Å². The Balaban J connectivity index is 2.47. The molecule has 1 aromatic rings. The molecule has 1 nitrogen and oxygen atoms in total. The molecular formula is C13H14O. The molecule has 0 atom stereocenters. The highest BCUT2D eigenvalue weighted by atomic mass is 16.5. The van der Waals surface area contributed by atoms with Gasteiger partial charge in [-0.3, -0.25) is 0 Å². The minimum absolute atomic E-state index is 0.689. The molecule has 1 heterocycles. The van der Waals surface area contributed by atoms with Gasteiger partial charge in [0.25, 0.3) is 0 Å². The van der Waals surface area contributed by atoms with Crippen molar-refractivity contribution in [1.29, 1.82) is 0 Å². The SMILES string of the molecule is C=CCc1cc(C)c2c(c1)C=CCO2. The maximum absolute atomic E-state index is 5.57. The Kier molecular flexibility index (Phi) is 2.40. The first-order valence-corrected chi connectivity index (χ1v) is 4.85. The molecule has 1 aliphatic heterocycles. The minimum Gasteiger partial charge on any atom is -0.489 e. The number of hydrogen-bond donors (Lipinski definition) is 0. The lowest BCUT2D eigenvalue weighted by Gasteiger charge is -2.16. The number of fused-ring (bicyclic) bond motifs is 1. The van der Waals surface area contributed by atoms with E-state index < -0.39 is 0 Å². The lowest BCUT2D eigenvalue weighted by molar-refractivity contribution is 0.356. The molecule has 0 aliphatic carbocycles. The monoisotopic (exact) mass is 186 g/mol. The maximum atomic E-state index is 5.57. The summed E-state index contributed by atoms with van der Waals surface area (Å²) in [7, 11) is 0. The first-order chi connectivity index (χ1) is 6.81. The number of hydrogen-bond acceptors (Lipinski definition) is 1. The summed E-state index contributed by atoms with van der Waals surface area (Å²) in [6.45, 7) is 6.53. The molecule has 72 valence electrons. The molecule has 2 rings (SSSR count). The molecule has 1 heteroatoms. The Morgan fingerprint density at radius 3 is 3.14 bits per heavy atom. The quantitative estimate of drug-likeness (QED) is 0.645. The summed E-state index contributed by atoms with van der Waals surface area (Å²) in [5, 5.41) is 0. The molecule has 0 spiro atoms. The van der Waals surface area contributed by atoms with Crippen molar-refractivity contribution in [3.63, 3.8) is 0 Å². The Morgan fingerprint density at radius 2 is 2.36 bits per heavy atom. The van der Waals surface area contributed by atoms with Gasteiger partial charge in [0.1, 0.15) is 12.4 Å². The van der Waals surface area contributed by atoms with Gasteiger partial charge in [0.15, 0.2) is 0 Å². The van der Waals surface area contributed by atoms with Crippen molar-refractivity contribution < 1.29 is 4.74 Å². The van der Waals surface area contributed by atoms with Crippen LogP contribution in [0.25, 0.3) is 6.08 Å². The molecule has 0 saturated heterocycles. The van der Waals surface area contributed by atoms with Crippen LogP contribution in [0, 0.1) is 6.92 Å². The van der Waals surface area contributed by atoms with Gasteiger partial charge in [-0.15, -0.1) is 6.58 Å².